The van der Waals surface area contributed by atoms with Gasteiger partial charge in [0.05, 0.1) is 25.9 Å². The zero-order chi connectivity index (χ0) is 19.9. The Balaban J connectivity index is 1.86. The Kier molecular flexibility index (Phi) is 5.93. The summed E-state index contributed by atoms with van der Waals surface area (Å²) in [6.07, 6.45) is 0. The van der Waals surface area contributed by atoms with Crippen molar-refractivity contribution in [3.8, 4) is 28.7 Å². The maximum absolute atomic E-state index is 12.9. The van der Waals surface area contributed by atoms with Crippen LogP contribution in [0.2, 0.25) is 0 Å². The topological polar surface area (TPSA) is 71.3 Å². The second kappa shape index (κ2) is 8.74. The number of nitrogens with one attached hydrogen (secondary N) is 1. The highest BCUT2D eigenvalue weighted by Gasteiger charge is 2.15. The Morgan fingerprint density at radius 3 is 2.39 bits per heavy atom. The number of nitrogens with zero attached hydrogens (tertiary/aromatic N) is 1. The van der Waals surface area contributed by atoms with E-state index >= 15 is 0 Å². The van der Waals surface area contributed by atoms with Gasteiger partial charge in [-0.15, -0.1) is 0 Å². The number of benzene rings is 3. The van der Waals surface area contributed by atoms with Crippen molar-refractivity contribution in [1.29, 1.82) is 5.26 Å². The molecule has 0 bridgehead atoms. The molecule has 0 aliphatic rings. The minimum absolute atomic E-state index is 0.221. The molecule has 0 unspecified atom stereocenters. The van der Waals surface area contributed by atoms with Crippen molar-refractivity contribution >= 4 is 5.91 Å². The number of ether oxygens (including phenoxy) is 2. The number of hydrogen-bond acceptors (Lipinski definition) is 4. The SMILES string of the molecule is COc1ccc(CNC(=O)c2ccccc2-c2ccccc2C#N)c(OC)c1. The van der Waals surface area contributed by atoms with E-state index in [-0.39, 0.29) is 5.91 Å². The van der Waals surface area contributed by atoms with Gasteiger partial charge in [-0.25, -0.2) is 0 Å². The van der Waals surface area contributed by atoms with Crippen molar-refractivity contribution in [2.75, 3.05) is 14.2 Å². The molecule has 0 saturated heterocycles. The number of carbonyl (C=O) groups is 1. The predicted octanol–water partition coefficient (Wildman–Crippen LogP) is 4.17. The van der Waals surface area contributed by atoms with Crippen molar-refractivity contribution in [2.24, 2.45) is 0 Å². The molecule has 0 aliphatic heterocycles. The first-order valence-electron chi connectivity index (χ1n) is 8.75. The first-order chi connectivity index (χ1) is 13.7. The average Bonchev–Trinajstić information content (AvgIpc) is 2.77. The van der Waals surface area contributed by atoms with Crippen LogP contribution in [0.15, 0.2) is 66.7 Å². The molecule has 5 heteroatoms. The molecule has 1 N–H and O–H groups in total. The third-order valence-corrected chi connectivity index (χ3v) is 4.44. The number of carbonyl (C=O) groups excluding carboxylic acids is 1. The van der Waals surface area contributed by atoms with Crippen LogP contribution in [0.5, 0.6) is 11.5 Å². The van der Waals surface area contributed by atoms with Crippen LogP contribution in [0.1, 0.15) is 21.5 Å². The fourth-order valence-electron chi connectivity index (χ4n) is 3.00. The molecule has 3 aromatic rings. The average molecular weight is 372 g/mol. The lowest BCUT2D eigenvalue weighted by Crippen LogP contribution is -2.23. The summed E-state index contributed by atoms with van der Waals surface area (Å²) >= 11 is 0. The Hall–Kier alpha value is -3.78. The van der Waals surface area contributed by atoms with Crippen molar-refractivity contribution < 1.29 is 14.3 Å². The normalized spacial score (nSPS) is 10.0. The molecular formula is C23H20N2O3. The van der Waals surface area contributed by atoms with Gasteiger partial charge in [-0.1, -0.05) is 36.4 Å². The van der Waals surface area contributed by atoms with Crippen LogP contribution in [0.25, 0.3) is 11.1 Å². The first kappa shape index (κ1) is 19.0. The van der Waals surface area contributed by atoms with Gasteiger partial charge < -0.3 is 14.8 Å². The minimum atomic E-state index is -0.221. The highest BCUT2D eigenvalue weighted by atomic mass is 16.5. The first-order valence-corrected chi connectivity index (χ1v) is 8.75. The highest BCUT2D eigenvalue weighted by Crippen LogP contribution is 2.28. The zero-order valence-electron chi connectivity index (χ0n) is 15.7. The van der Waals surface area contributed by atoms with Gasteiger partial charge in [-0.2, -0.15) is 5.26 Å². The Morgan fingerprint density at radius 2 is 1.68 bits per heavy atom. The molecule has 1 amide bonds. The van der Waals surface area contributed by atoms with Gasteiger partial charge in [0.2, 0.25) is 0 Å². The second-order valence-electron chi connectivity index (χ2n) is 6.06. The van der Waals surface area contributed by atoms with Crippen molar-refractivity contribution in [3.05, 3.63) is 83.4 Å². The lowest BCUT2D eigenvalue weighted by molar-refractivity contribution is 0.0951. The van der Waals surface area contributed by atoms with Gasteiger partial charge in [-0.3, -0.25) is 4.79 Å². The molecule has 28 heavy (non-hydrogen) atoms. The summed E-state index contributed by atoms with van der Waals surface area (Å²) in [6, 6.07) is 22.1. The predicted molar refractivity (Wildman–Crippen MR) is 107 cm³/mol. The number of hydrogen-bond donors (Lipinski definition) is 1. The van der Waals surface area contributed by atoms with Gasteiger partial charge in [0, 0.05) is 29.3 Å². The van der Waals surface area contributed by atoms with Gasteiger partial charge >= 0.3 is 0 Å². The molecule has 3 rings (SSSR count). The molecule has 5 nitrogen and oxygen atoms in total. The lowest BCUT2D eigenvalue weighted by Gasteiger charge is -2.13. The summed E-state index contributed by atoms with van der Waals surface area (Å²) in [6.45, 7) is 0.306. The van der Waals surface area contributed by atoms with E-state index in [1.165, 1.54) is 0 Å². The van der Waals surface area contributed by atoms with Crippen LogP contribution in [-0.2, 0) is 6.54 Å². The third kappa shape index (κ3) is 3.97. The molecular weight excluding hydrogens is 352 g/mol. The van der Waals surface area contributed by atoms with Crippen LogP contribution in [0.4, 0.5) is 0 Å². The quantitative estimate of drug-likeness (QED) is 0.705. The lowest BCUT2D eigenvalue weighted by atomic mass is 9.95. The van der Waals surface area contributed by atoms with E-state index in [1.807, 2.05) is 36.4 Å². The summed E-state index contributed by atoms with van der Waals surface area (Å²) in [4.78, 5) is 12.9. The van der Waals surface area contributed by atoms with Crippen LogP contribution in [-0.4, -0.2) is 20.1 Å². The molecule has 140 valence electrons. The van der Waals surface area contributed by atoms with Crippen LogP contribution >= 0.6 is 0 Å². The molecule has 0 spiro atoms. The number of nitriles is 1. The van der Waals surface area contributed by atoms with Gasteiger partial charge in [-0.05, 0) is 29.8 Å². The van der Waals surface area contributed by atoms with Crippen LogP contribution in [0.3, 0.4) is 0 Å². The zero-order valence-corrected chi connectivity index (χ0v) is 15.7. The molecule has 0 atom stereocenters. The summed E-state index contributed by atoms with van der Waals surface area (Å²) in [7, 11) is 3.17. The van der Waals surface area contributed by atoms with Gasteiger partial charge in [0.25, 0.3) is 5.91 Å². The molecule has 0 heterocycles. The Labute approximate surface area is 164 Å². The smallest absolute Gasteiger partial charge is 0.252 e. The fraction of sp³-hybridized carbons (Fsp3) is 0.130. The summed E-state index contributed by atoms with van der Waals surface area (Å²) in [5.74, 6) is 1.11. The molecule has 0 aliphatic carbocycles. The molecule has 0 saturated carbocycles. The van der Waals surface area contributed by atoms with E-state index in [1.54, 1.807) is 44.6 Å². The monoisotopic (exact) mass is 372 g/mol. The fourth-order valence-corrected chi connectivity index (χ4v) is 3.00. The van der Waals surface area contributed by atoms with Crippen LogP contribution < -0.4 is 14.8 Å². The maximum atomic E-state index is 12.9. The standard InChI is InChI=1S/C23H20N2O3/c1-27-18-12-11-17(22(13-18)28-2)15-25-23(26)21-10-6-5-9-20(21)19-8-4-3-7-16(19)14-24/h3-13H,15H2,1-2H3,(H,25,26). The Morgan fingerprint density at radius 1 is 0.964 bits per heavy atom. The van der Waals surface area contributed by atoms with E-state index < -0.39 is 0 Å². The van der Waals surface area contributed by atoms with E-state index in [2.05, 4.69) is 11.4 Å². The highest BCUT2D eigenvalue weighted by molar-refractivity contribution is 6.01. The van der Waals surface area contributed by atoms with Crippen molar-refractivity contribution in [1.82, 2.24) is 5.32 Å². The van der Waals surface area contributed by atoms with Crippen molar-refractivity contribution in [2.45, 2.75) is 6.54 Å². The van der Waals surface area contributed by atoms with Gasteiger partial charge in [0.1, 0.15) is 11.5 Å². The third-order valence-electron chi connectivity index (χ3n) is 4.44. The summed E-state index contributed by atoms with van der Waals surface area (Å²) in [5.41, 5.74) is 3.33. The number of methoxy groups -OCH3 is 2. The van der Waals surface area contributed by atoms with Gasteiger partial charge in [0.15, 0.2) is 0 Å². The maximum Gasteiger partial charge on any atom is 0.252 e. The summed E-state index contributed by atoms with van der Waals surface area (Å²) < 4.78 is 10.6. The van der Waals surface area contributed by atoms with Crippen molar-refractivity contribution in [3.63, 3.8) is 0 Å². The number of rotatable bonds is 6. The second-order valence-corrected chi connectivity index (χ2v) is 6.06. The molecule has 0 radical (unpaired) electrons. The summed E-state index contributed by atoms with van der Waals surface area (Å²) in [5, 5.41) is 12.3. The Bertz CT molecular complexity index is 1040. The van der Waals surface area contributed by atoms with Crippen LogP contribution in [0, 0.1) is 11.3 Å². The minimum Gasteiger partial charge on any atom is -0.497 e. The van der Waals surface area contributed by atoms with E-state index in [4.69, 9.17) is 9.47 Å². The molecule has 0 aromatic heterocycles. The molecule has 0 fully saturated rings. The van der Waals surface area contributed by atoms with E-state index in [0.717, 1.165) is 16.7 Å². The largest absolute Gasteiger partial charge is 0.497 e. The van der Waals surface area contributed by atoms with E-state index in [0.29, 0.717) is 29.2 Å². The number of amides is 1. The van der Waals surface area contributed by atoms with E-state index in [9.17, 15) is 10.1 Å². The molecule has 3 aromatic carbocycles.